The van der Waals surface area contributed by atoms with Crippen LogP contribution in [-0.2, 0) is 11.3 Å². The zero-order chi connectivity index (χ0) is 18.7. The van der Waals surface area contributed by atoms with E-state index in [2.05, 4.69) is 4.98 Å². The second-order valence-electron chi connectivity index (χ2n) is 5.66. The molecule has 1 aromatic heterocycles. The van der Waals surface area contributed by atoms with Gasteiger partial charge in [0, 0.05) is 22.3 Å². The van der Waals surface area contributed by atoms with Crippen molar-refractivity contribution in [1.82, 2.24) is 9.55 Å². The van der Waals surface area contributed by atoms with Crippen molar-refractivity contribution >= 4 is 23.3 Å². The van der Waals surface area contributed by atoms with Crippen LogP contribution >= 0.6 is 11.6 Å². The van der Waals surface area contributed by atoms with Crippen molar-refractivity contribution in [3.05, 3.63) is 81.4 Å². The third-order valence-electron chi connectivity index (χ3n) is 3.87. The van der Waals surface area contributed by atoms with E-state index in [0.29, 0.717) is 27.5 Å². The van der Waals surface area contributed by atoms with E-state index in [1.54, 1.807) is 36.4 Å². The first-order valence-electron chi connectivity index (χ1n) is 7.77. The Morgan fingerprint density at radius 1 is 1.23 bits per heavy atom. The molecule has 2 aromatic carbocycles. The van der Waals surface area contributed by atoms with Gasteiger partial charge >= 0.3 is 5.97 Å². The molecule has 0 spiro atoms. The van der Waals surface area contributed by atoms with E-state index in [0.717, 1.165) is 5.56 Å². The van der Waals surface area contributed by atoms with Crippen LogP contribution in [0.2, 0.25) is 5.02 Å². The molecule has 0 aliphatic heterocycles. The van der Waals surface area contributed by atoms with Crippen LogP contribution in [0.3, 0.4) is 0 Å². The highest BCUT2D eigenvalue weighted by Crippen LogP contribution is 2.26. The van der Waals surface area contributed by atoms with Crippen molar-refractivity contribution in [2.75, 3.05) is 12.8 Å². The number of nitrogen functional groups attached to an aromatic ring is 1. The Kier molecular flexibility index (Phi) is 5.04. The van der Waals surface area contributed by atoms with Gasteiger partial charge in [0.1, 0.15) is 0 Å². The van der Waals surface area contributed by atoms with Gasteiger partial charge in [-0.2, -0.15) is 0 Å². The van der Waals surface area contributed by atoms with Crippen LogP contribution in [0.25, 0.3) is 11.3 Å². The number of aromatic nitrogens is 2. The Balaban J connectivity index is 1.89. The first-order chi connectivity index (χ1) is 12.5. The van der Waals surface area contributed by atoms with E-state index in [1.165, 1.54) is 24.1 Å². The highest BCUT2D eigenvalue weighted by molar-refractivity contribution is 6.31. The van der Waals surface area contributed by atoms with Crippen LogP contribution in [0.1, 0.15) is 15.9 Å². The highest BCUT2D eigenvalue weighted by atomic mass is 35.5. The van der Waals surface area contributed by atoms with Gasteiger partial charge in [-0.05, 0) is 35.9 Å². The number of nitrogens with two attached hydrogens (primary N) is 1. The molecule has 6 nitrogen and oxygen atoms in total. The average molecular weight is 370 g/mol. The number of hydrogen-bond acceptors (Lipinski definition) is 5. The number of esters is 1. The Bertz CT molecular complexity index is 1030. The van der Waals surface area contributed by atoms with Crippen molar-refractivity contribution in [1.29, 1.82) is 0 Å². The maximum Gasteiger partial charge on any atom is 0.337 e. The molecule has 0 saturated carbocycles. The fourth-order valence-corrected chi connectivity index (χ4v) is 2.75. The Morgan fingerprint density at radius 3 is 2.73 bits per heavy atom. The summed E-state index contributed by atoms with van der Waals surface area (Å²) < 4.78 is 6.16. The van der Waals surface area contributed by atoms with Gasteiger partial charge in [0.15, 0.2) is 0 Å². The second-order valence-corrected chi connectivity index (χ2v) is 6.10. The van der Waals surface area contributed by atoms with Gasteiger partial charge in [-0.15, -0.1) is 0 Å². The molecule has 0 atom stereocenters. The lowest BCUT2D eigenvalue weighted by molar-refractivity contribution is 0.0600. The van der Waals surface area contributed by atoms with Crippen LogP contribution in [0.4, 0.5) is 5.69 Å². The number of nitrogens with zero attached hydrogens (tertiary/aromatic N) is 2. The minimum atomic E-state index is -0.425. The van der Waals surface area contributed by atoms with Crippen molar-refractivity contribution in [2.45, 2.75) is 6.54 Å². The number of methoxy groups -OCH3 is 1. The maximum absolute atomic E-state index is 12.4. The van der Waals surface area contributed by atoms with Gasteiger partial charge in [0.05, 0.1) is 31.2 Å². The van der Waals surface area contributed by atoms with Gasteiger partial charge in [-0.1, -0.05) is 23.7 Å². The average Bonchev–Trinajstić information content (AvgIpc) is 2.63. The molecule has 0 aliphatic rings. The molecule has 3 rings (SSSR count). The molecule has 7 heteroatoms. The predicted molar refractivity (Wildman–Crippen MR) is 100 cm³/mol. The predicted octanol–water partition coefficient (Wildman–Crippen LogP) is 2.98. The molecule has 132 valence electrons. The molecule has 0 radical (unpaired) electrons. The third-order valence-corrected chi connectivity index (χ3v) is 4.11. The normalized spacial score (nSPS) is 10.5. The fourth-order valence-electron chi connectivity index (χ4n) is 2.57. The van der Waals surface area contributed by atoms with Crippen LogP contribution in [0.5, 0.6) is 0 Å². The summed E-state index contributed by atoms with van der Waals surface area (Å²) in [6, 6.07) is 13.4. The van der Waals surface area contributed by atoms with Crippen molar-refractivity contribution in [3.63, 3.8) is 0 Å². The molecule has 26 heavy (non-hydrogen) atoms. The summed E-state index contributed by atoms with van der Waals surface area (Å²) in [5.74, 6) is -0.425. The molecule has 2 N–H and O–H groups in total. The third kappa shape index (κ3) is 3.75. The lowest BCUT2D eigenvalue weighted by Crippen LogP contribution is -2.20. The summed E-state index contributed by atoms with van der Waals surface area (Å²) in [5, 5.41) is 0.519. The first kappa shape index (κ1) is 17.7. The molecule has 0 bridgehead atoms. The van der Waals surface area contributed by atoms with Crippen LogP contribution in [0.15, 0.2) is 59.7 Å². The monoisotopic (exact) mass is 369 g/mol. The standard InChI is InChI=1S/C19H16ClN3O3/c1-26-19(25)13-4-2-3-12(7-13)10-23-11-22-17(9-18(23)24)15-6-5-14(20)8-16(15)21/h2-9,11H,10,21H2,1H3. The summed E-state index contributed by atoms with van der Waals surface area (Å²) >= 11 is 5.90. The molecule has 0 aliphatic carbocycles. The molecular formula is C19H16ClN3O3. The second kappa shape index (κ2) is 7.41. The van der Waals surface area contributed by atoms with Gasteiger partial charge in [0.2, 0.25) is 0 Å². The quantitative estimate of drug-likeness (QED) is 0.564. The molecule has 0 fully saturated rings. The molecule has 0 saturated heterocycles. The summed E-state index contributed by atoms with van der Waals surface area (Å²) in [5.41, 5.74) is 8.50. The topological polar surface area (TPSA) is 87.2 Å². The lowest BCUT2D eigenvalue weighted by atomic mass is 10.1. The number of carbonyl (C=O) groups excluding carboxylic acids is 1. The minimum absolute atomic E-state index is 0.229. The SMILES string of the molecule is COC(=O)c1cccc(Cn2cnc(-c3ccc(Cl)cc3N)cc2=O)c1. The van der Waals surface area contributed by atoms with Crippen LogP contribution in [-0.4, -0.2) is 22.6 Å². The van der Waals surface area contributed by atoms with Crippen molar-refractivity contribution in [3.8, 4) is 11.3 Å². The number of halogens is 1. The van der Waals surface area contributed by atoms with Crippen LogP contribution < -0.4 is 11.3 Å². The zero-order valence-corrected chi connectivity index (χ0v) is 14.7. The Morgan fingerprint density at radius 2 is 2.04 bits per heavy atom. The molecule has 0 unspecified atom stereocenters. The van der Waals surface area contributed by atoms with E-state index < -0.39 is 5.97 Å². The van der Waals surface area contributed by atoms with E-state index in [-0.39, 0.29) is 12.1 Å². The smallest absolute Gasteiger partial charge is 0.337 e. The molecule has 1 heterocycles. The van der Waals surface area contributed by atoms with Gasteiger partial charge in [-0.25, -0.2) is 9.78 Å². The zero-order valence-electron chi connectivity index (χ0n) is 14.0. The summed E-state index contributed by atoms with van der Waals surface area (Å²) in [7, 11) is 1.32. The number of benzene rings is 2. The highest BCUT2D eigenvalue weighted by Gasteiger charge is 2.09. The summed E-state index contributed by atoms with van der Waals surface area (Å²) in [6.45, 7) is 0.285. The van der Waals surface area contributed by atoms with Crippen molar-refractivity contribution in [2.24, 2.45) is 0 Å². The first-order valence-corrected chi connectivity index (χ1v) is 8.15. The van der Waals surface area contributed by atoms with E-state index in [1.807, 2.05) is 6.07 Å². The number of carbonyl (C=O) groups is 1. The summed E-state index contributed by atoms with van der Waals surface area (Å²) in [4.78, 5) is 28.4. The Labute approximate surface area is 154 Å². The van der Waals surface area contributed by atoms with E-state index in [9.17, 15) is 9.59 Å². The van der Waals surface area contributed by atoms with E-state index >= 15 is 0 Å². The maximum atomic E-state index is 12.4. The number of rotatable bonds is 4. The molecule has 0 amide bonds. The molecule has 3 aromatic rings. The number of anilines is 1. The summed E-state index contributed by atoms with van der Waals surface area (Å²) in [6.07, 6.45) is 1.45. The lowest BCUT2D eigenvalue weighted by Gasteiger charge is -2.09. The van der Waals surface area contributed by atoms with Gasteiger partial charge < -0.3 is 10.5 Å². The van der Waals surface area contributed by atoms with Gasteiger partial charge in [-0.3, -0.25) is 9.36 Å². The van der Waals surface area contributed by atoms with E-state index in [4.69, 9.17) is 22.1 Å². The molecular weight excluding hydrogens is 354 g/mol. The van der Waals surface area contributed by atoms with Crippen molar-refractivity contribution < 1.29 is 9.53 Å². The number of hydrogen-bond donors (Lipinski definition) is 1. The van der Waals surface area contributed by atoms with Crippen LogP contribution in [0, 0.1) is 0 Å². The largest absolute Gasteiger partial charge is 0.465 e. The number of ether oxygens (including phenoxy) is 1. The fraction of sp³-hybridized carbons (Fsp3) is 0.105. The van der Waals surface area contributed by atoms with Gasteiger partial charge in [0.25, 0.3) is 5.56 Å². The Hall–Kier alpha value is -3.12. The minimum Gasteiger partial charge on any atom is -0.465 e.